The molecule has 1 fully saturated rings. The molecule has 1 aliphatic rings. The second kappa shape index (κ2) is 6.75. The molecule has 0 saturated carbocycles. The fourth-order valence-electron chi connectivity index (χ4n) is 1.98. The van der Waals surface area contributed by atoms with E-state index in [2.05, 4.69) is 10.6 Å². The normalized spacial score (nSPS) is 23.6. The lowest BCUT2D eigenvalue weighted by atomic mass is 9.95. The second-order valence-electron chi connectivity index (χ2n) is 5.79. The van der Waals surface area contributed by atoms with E-state index in [9.17, 15) is 9.59 Å². The molecular formula is C13H24N2O4. The number of carbonyl (C=O) groups is 2. The van der Waals surface area contributed by atoms with E-state index in [1.807, 2.05) is 20.8 Å². The first-order chi connectivity index (χ1) is 8.81. The fraction of sp³-hybridized carbons (Fsp3) is 0.846. The molecule has 1 heterocycles. The maximum absolute atomic E-state index is 11.5. The second-order valence-corrected chi connectivity index (χ2v) is 5.79. The van der Waals surface area contributed by atoms with Crippen LogP contribution < -0.4 is 10.6 Å². The predicted molar refractivity (Wildman–Crippen MR) is 70.8 cm³/mol. The van der Waals surface area contributed by atoms with E-state index in [1.165, 1.54) is 7.11 Å². The lowest BCUT2D eigenvalue weighted by Crippen LogP contribution is -2.48. The number of carbonyl (C=O) groups excluding carboxylic acids is 2. The highest BCUT2D eigenvalue weighted by Crippen LogP contribution is 2.15. The first-order valence-electron chi connectivity index (χ1n) is 6.60. The van der Waals surface area contributed by atoms with Gasteiger partial charge in [-0.1, -0.05) is 0 Å². The highest BCUT2D eigenvalue weighted by atomic mass is 16.6. The van der Waals surface area contributed by atoms with Gasteiger partial charge >= 0.3 is 12.1 Å². The van der Waals surface area contributed by atoms with Crippen molar-refractivity contribution in [1.29, 1.82) is 0 Å². The van der Waals surface area contributed by atoms with Crippen molar-refractivity contribution in [2.45, 2.75) is 45.3 Å². The zero-order chi connectivity index (χ0) is 14.5. The van der Waals surface area contributed by atoms with Gasteiger partial charge in [-0.25, -0.2) is 4.79 Å². The molecule has 19 heavy (non-hydrogen) atoms. The Morgan fingerprint density at radius 3 is 2.47 bits per heavy atom. The summed E-state index contributed by atoms with van der Waals surface area (Å²) in [6, 6.07) is 0.174. The van der Waals surface area contributed by atoms with E-state index in [0.29, 0.717) is 13.1 Å². The monoisotopic (exact) mass is 272 g/mol. The van der Waals surface area contributed by atoms with Crippen LogP contribution in [-0.2, 0) is 14.3 Å². The number of alkyl carbamates (subject to hydrolysis) is 1. The topological polar surface area (TPSA) is 76.7 Å². The Balaban J connectivity index is 2.23. The first-order valence-corrected chi connectivity index (χ1v) is 6.60. The largest absolute Gasteiger partial charge is 0.469 e. The zero-order valence-corrected chi connectivity index (χ0v) is 12.1. The van der Waals surface area contributed by atoms with Crippen molar-refractivity contribution >= 4 is 12.1 Å². The average molecular weight is 272 g/mol. The lowest BCUT2D eigenvalue weighted by molar-refractivity contribution is -0.146. The molecular weight excluding hydrogens is 248 g/mol. The van der Waals surface area contributed by atoms with Crippen molar-refractivity contribution in [2.24, 2.45) is 5.92 Å². The predicted octanol–water partition coefficient (Wildman–Crippen LogP) is 1.05. The smallest absolute Gasteiger partial charge is 0.407 e. The summed E-state index contributed by atoms with van der Waals surface area (Å²) in [5.41, 5.74) is -0.486. The standard InChI is InChI=1S/C13H24N2O4/c1-13(2,3)19-12(17)15-8-10-6-5-9(7-14-10)11(16)18-4/h9-10,14H,5-8H2,1-4H3,(H,15,17). The van der Waals surface area contributed by atoms with Gasteiger partial charge in [-0.15, -0.1) is 0 Å². The Morgan fingerprint density at radius 2 is 2.00 bits per heavy atom. The molecule has 110 valence electrons. The van der Waals surface area contributed by atoms with Crippen LogP contribution >= 0.6 is 0 Å². The zero-order valence-electron chi connectivity index (χ0n) is 12.1. The number of esters is 1. The molecule has 1 saturated heterocycles. The summed E-state index contributed by atoms with van der Waals surface area (Å²) in [5, 5.41) is 5.96. The Hall–Kier alpha value is -1.30. The highest BCUT2D eigenvalue weighted by Gasteiger charge is 2.26. The van der Waals surface area contributed by atoms with Crippen LogP contribution in [0.2, 0.25) is 0 Å². The van der Waals surface area contributed by atoms with Crippen LogP contribution in [0.1, 0.15) is 33.6 Å². The maximum atomic E-state index is 11.5. The van der Waals surface area contributed by atoms with Gasteiger partial charge in [-0.2, -0.15) is 0 Å². The average Bonchev–Trinajstić information content (AvgIpc) is 2.34. The molecule has 0 bridgehead atoms. The quantitative estimate of drug-likeness (QED) is 0.751. The van der Waals surface area contributed by atoms with Crippen LogP contribution in [0, 0.1) is 5.92 Å². The van der Waals surface area contributed by atoms with Crippen molar-refractivity contribution in [3.05, 3.63) is 0 Å². The van der Waals surface area contributed by atoms with Crippen molar-refractivity contribution in [2.75, 3.05) is 20.2 Å². The van der Waals surface area contributed by atoms with Crippen LogP contribution in [0.5, 0.6) is 0 Å². The Labute approximate surface area is 114 Å². The molecule has 1 rings (SSSR count). The fourth-order valence-corrected chi connectivity index (χ4v) is 1.98. The molecule has 0 aromatic rings. The third-order valence-corrected chi connectivity index (χ3v) is 2.94. The Morgan fingerprint density at radius 1 is 1.32 bits per heavy atom. The van der Waals surface area contributed by atoms with E-state index in [4.69, 9.17) is 9.47 Å². The van der Waals surface area contributed by atoms with Crippen LogP contribution in [0.25, 0.3) is 0 Å². The summed E-state index contributed by atoms with van der Waals surface area (Å²) >= 11 is 0. The van der Waals surface area contributed by atoms with Gasteiger partial charge in [0.2, 0.25) is 0 Å². The van der Waals surface area contributed by atoms with Crippen LogP contribution in [0.15, 0.2) is 0 Å². The van der Waals surface area contributed by atoms with Gasteiger partial charge in [0.15, 0.2) is 0 Å². The number of amides is 1. The molecule has 0 spiro atoms. The summed E-state index contributed by atoms with van der Waals surface area (Å²) in [6.45, 7) is 6.57. The number of rotatable bonds is 3. The van der Waals surface area contributed by atoms with Gasteiger partial charge in [0.25, 0.3) is 0 Å². The molecule has 6 nitrogen and oxygen atoms in total. The number of piperidine rings is 1. The lowest BCUT2D eigenvalue weighted by Gasteiger charge is -2.29. The molecule has 0 aromatic heterocycles. The van der Waals surface area contributed by atoms with Crippen molar-refractivity contribution < 1.29 is 19.1 Å². The minimum Gasteiger partial charge on any atom is -0.469 e. The van der Waals surface area contributed by atoms with Gasteiger partial charge < -0.3 is 20.1 Å². The van der Waals surface area contributed by atoms with E-state index < -0.39 is 11.7 Å². The summed E-state index contributed by atoms with van der Waals surface area (Å²) in [7, 11) is 1.40. The summed E-state index contributed by atoms with van der Waals surface area (Å²) in [4.78, 5) is 22.8. The van der Waals surface area contributed by atoms with E-state index in [-0.39, 0.29) is 17.9 Å². The third-order valence-electron chi connectivity index (χ3n) is 2.94. The van der Waals surface area contributed by atoms with Crippen LogP contribution in [0.4, 0.5) is 4.79 Å². The van der Waals surface area contributed by atoms with Gasteiger partial charge in [-0.3, -0.25) is 4.79 Å². The van der Waals surface area contributed by atoms with Crippen LogP contribution in [-0.4, -0.2) is 43.9 Å². The third kappa shape index (κ3) is 5.92. The van der Waals surface area contributed by atoms with Gasteiger partial charge in [-0.05, 0) is 33.6 Å². The number of ether oxygens (including phenoxy) is 2. The number of methoxy groups -OCH3 is 1. The minimum absolute atomic E-state index is 0.0808. The molecule has 0 aromatic carbocycles. The first kappa shape index (κ1) is 15.8. The molecule has 1 aliphatic heterocycles. The molecule has 0 aliphatic carbocycles. The van der Waals surface area contributed by atoms with E-state index in [0.717, 1.165) is 12.8 Å². The highest BCUT2D eigenvalue weighted by molar-refractivity contribution is 5.72. The van der Waals surface area contributed by atoms with Crippen LogP contribution in [0.3, 0.4) is 0 Å². The molecule has 2 unspecified atom stereocenters. The van der Waals surface area contributed by atoms with Crippen molar-refractivity contribution in [3.63, 3.8) is 0 Å². The number of hydrogen-bond donors (Lipinski definition) is 2. The van der Waals surface area contributed by atoms with E-state index in [1.54, 1.807) is 0 Å². The SMILES string of the molecule is COC(=O)C1CCC(CNC(=O)OC(C)(C)C)NC1. The molecule has 1 amide bonds. The molecule has 0 radical (unpaired) electrons. The Bertz CT molecular complexity index is 317. The van der Waals surface area contributed by atoms with Gasteiger partial charge in [0, 0.05) is 19.1 Å². The van der Waals surface area contributed by atoms with Crippen molar-refractivity contribution in [1.82, 2.24) is 10.6 Å². The molecule has 6 heteroatoms. The summed E-state index contributed by atoms with van der Waals surface area (Å²) in [6.07, 6.45) is 1.19. The van der Waals surface area contributed by atoms with Crippen molar-refractivity contribution in [3.8, 4) is 0 Å². The van der Waals surface area contributed by atoms with E-state index >= 15 is 0 Å². The minimum atomic E-state index is -0.486. The van der Waals surface area contributed by atoms with Gasteiger partial charge in [0.05, 0.1) is 13.0 Å². The number of nitrogens with one attached hydrogen (secondary N) is 2. The number of hydrogen-bond acceptors (Lipinski definition) is 5. The van der Waals surface area contributed by atoms with Gasteiger partial charge in [0.1, 0.15) is 5.60 Å². The molecule has 2 N–H and O–H groups in total. The maximum Gasteiger partial charge on any atom is 0.407 e. The molecule has 2 atom stereocenters. The summed E-state index contributed by atoms with van der Waals surface area (Å²) in [5.74, 6) is -0.256. The Kier molecular flexibility index (Phi) is 5.60. The summed E-state index contributed by atoms with van der Waals surface area (Å²) < 4.78 is 9.86.